The molecule has 0 aromatic heterocycles. The van der Waals surface area contributed by atoms with Gasteiger partial charge < -0.3 is 14.2 Å². The van der Waals surface area contributed by atoms with E-state index in [0.717, 1.165) is 77.0 Å². The summed E-state index contributed by atoms with van der Waals surface area (Å²) in [5, 5.41) is 0. The smallest absolute Gasteiger partial charge is 0.306 e. The molecule has 6 nitrogen and oxygen atoms in total. The van der Waals surface area contributed by atoms with E-state index in [1.165, 1.54) is 96.3 Å². The molecular weight excluding hydrogens is 781 g/mol. The predicted molar refractivity (Wildman–Crippen MR) is 270 cm³/mol. The van der Waals surface area contributed by atoms with Gasteiger partial charge in [-0.05, 0) is 89.9 Å². The van der Waals surface area contributed by atoms with Gasteiger partial charge in [0.25, 0.3) is 0 Å². The zero-order valence-corrected chi connectivity index (χ0v) is 40.8. The molecule has 0 aromatic carbocycles. The van der Waals surface area contributed by atoms with Crippen molar-refractivity contribution in [3.05, 3.63) is 97.2 Å². The maximum Gasteiger partial charge on any atom is 0.306 e. The summed E-state index contributed by atoms with van der Waals surface area (Å²) in [6.07, 6.45) is 66.9. The summed E-state index contributed by atoms with van der Waals surface area (Å²) >= 11 is 0. The SMILES string of the molecule is CC/C=C\C/C=C\C/C=C\C/C=C\C/C=C\CCCC(=O)O[C@H](COC(=O)CCC/C=C\C/C=C\C/C=C\CCCCCCCC)COC(=O)CCCCCCCCCCCCC. The van der Waals surface area contributed by atoms with Crippen LogP contribution in [0.2, 0.25) is 0 Å². The number of rotatable bonds is 45. The van der Waals surface area contributed by atoms with Gasteiger partial charge in [0.1, 0.15) is 13.2 Å². The molecule has 0 saturated carbocycles. The zero-order valence-electron chi connectivity index (χ0n) is 40.8. The van der Waals surface area contributed by atoms with Crippen LogP contribution in [-0.4, -0.2) is 37.2 Å². The maximum atomic E-state index is 12.8. The summed E-state index contributed by atoms with van der Waals surface area (Å²) in [5.41, 5.74) is 0. The Bertz CT molecular complexity index is 1280. The Labute approximate surface area is 387 Å². The molecule has 0 aliphatic rings. The highest BCUT2D eigenvalue weighted by molar-refractivity contribution is 5.71. The Morgan fingerprint density at radius 2 is 0.635 bits per heavy atom. The van der Waals surface area contributed by atoms with Crippen LogP contribution in [0.25, 0.3) is 0 Å². The summed E-state index contributed by atoms with van der Waals surface area (Å²) in [6.45, 7) is 6.41. The fraction of sp³-hybridized carbons (Fsp3) is 0.667. The van der Waals surface area contributed by atoms with Crippen LogP contribution in [0.15, 0.2) is 97.2 Å². The van der Waals surface area contributed by atoms with Crippen LogP contribution in [0.1, 0.15) is 226 Å². The van der Waals surface area contributed by atoms with E-state index in [9.17, 15) is 14.4 Å². The first-order chi connectivity index (χ1) is 31.0. The van der Waals surface area contributed by atoms with Gasteiger partial charge in [-0.2, -0.15) is 0 Å². The molecule has 0 aliphatic carbocycles. The second-order valence-corrected chi connectivity index (χ2v) is 16.7. The number of hydrogen-bond acceptors (Lipinski definition) is 6. The first kappa shape index (κ1) is 59.3. The third-order valence-corrected chi connectivity index (χ3v) is 10.6. The van der Waals surface area contributed by atoms with Crippen molar-refractivity contribution in [2.24, 2.45) is 0 Å². The molecule has 0 rings (SSSR count). The number of carbonyl (C=O) groups excluding carboxylic acids is 3. The van der Waals surface area contributed by atoms with Gasteiger partial charge in [-0.3, -0.25) is 14.4 Å². The van der Waals surface area contributed by atoms with Gasteiger partial charge in [0.15, 0.2) is 6.10 Å². The van der Waals surface area contributed by atoms with E-state index in [2.05, 4.69) is 118 Å². The Morgan fingerprint density at radius 1 is 0.333 bits per heavy atom. The lowest BCUT2D eigenvalue weighted by molar-refractivity contribution is -0.167. The van der Waals surface area contributed by atoms with Crippen LogP contribution < -0.4 is 0 Å². The molecule has 0 spiro atoms. The number of ether oxygens (including phenoxy) is 3. The summed E-state index contributed by atoms with van der Waals surface area (Å²) in [7, 11) is 0. The number of unbranched alkanes of at least 4 members (excludes halogenated alkanes) is 18. The molecule has 0 N–H and O–H groups in total. The Morgan fingerprint density at radius 3 is 1.03 bits per heavy atom. The molecule has 63 heavy (non-hydrogen) atoms. The molecular formula is C57H94O6. The van der Waals surface area contributed by atoms with E-state index in [4.69, 9.17) is 14.2 Å². The normalized spacial score (nSPS) is 12.9. The monoisotopic (exact) mass is 875 g/mol. The standard InChI is InChI=1S/C57H94O6/c1-4-7-10-13-16-19-22-24-26-28-30-32-35-38-41-44-47-50-56(59)62-53-54(52-61-55(58)49-46-43-40-37-34-21-18-15-12-9-6-3)63-57(60)51-48-45-42-39-36-33-31-29-27-25-23-20-17-14-11-8-5-2/h8,11,17,20,24-27,30-33,38-39,41-42,54H,4-7,9-10,12-16,18-19,21-23,28-29,34-37,40,43-53H2,1-3H3/b11-8-,20-17-,26-24-,27-25-,32-30-,33-31-,41-38-,42-39-/t54-/m0/s1. The van der Waals surface area contributed by atoms with Crippen molar-refractivity contribution in [3.63, 3.8) is 0 Å². The zero-order chi connectivity index (χ0) is 45.8. The molecule has 0 saturated heterocycles. The minimum absolute atomic E-state index is 0.115. The van der Waals surface area contributed by atoms with E-state index in [1.54, 1.807) is 0 Å². The minimum Gasteiger partial charge on any atom is -0.462 e. The quantitative estimate of drug-likeness (QED) is 0.0262. The summed E-state index contributed by atoms with van der Waals surface area (Å²) in [5.74, 6) is -1.03. The van der Waals surface area contributed by atoms with Crippen LogP contribution in [0.3, 0.4) is 0 Å². The van der Waals surface area contributed by atoms with Gasteiger partial charge >= 0.3 is 17.9 Å². The first-order valence-corrected chi connectivity index (χ1v) is 25.7. The molecule has 6 heteroatoms. The molecule has 0 unspecified atom stereocenters. The lowest BCUT2D eigenvalue weighted by atomic mass is 10.1. The summed E-state index contributed by atoms with van der Waals surface area (Å²) in [4.78, 5) is 37.9. The van der Waals surface area contributed by atoms with Crippen LogP contribution in [0, 0.1) is 0 Å². The van der Waals surface area contributed by atoms with Crippen molar-refractivity contribution in [2.75, 3.05) is 13.2 Å². The molecule has 0 aromatic rings. The van der Waals surface area contributed by atoms with Gasteiger partial charge in [0.2, 0.25) is 0 Å². The lowest BCUT2D eigenvalue weighted by Crippen LogP contribution is -2.30. The average Bonchev–Trinajstić information content (AvgIpc) is 3.28. The predicted octanol–water partition coefficient (Wildman–Crippen LogP) is 17.0. The van der Waals surface area contributed by atoms with E-state index >= 15 is 0 Å². The number of hydrogen-bond donors (Lipinski definition) is 0. The Balaban J connectivity index is 4.55. The minimum atomic E-state index is -0.825. The van der Waals surface area contributed by atoms with E-state index in [-0.39, 0.29) is 44.0 Å². The average molecular weight is 875 g/mol. The molecule has 0 aliphatic heterocycles. The molecule has 0 heterocycles. The van der Waals surface area contributed by atoms with Crippen molar-refractivity contribution in [1.29, 1.82) is 0 Å². The van der Waals surface area contributed by atoms with Gasteiger partial charge in [-0.25, -0.2) is 0 Å². The molecule has 0 bridgehead atoms. The third kappa shape index (κ3) is 49.2. The first-order valence-electron chi connectivity index (χ1n) is 25.7. The van der Waals surface area contributed by atoms with E-state index in [1.807, 2.05) is 0 Å². The number of allylic oxidation sites excluding steroid dienone is 16. The number of carbonyl (C=O) groups is 3. The van der Waals surface area contributed by atoms with Crippen LogP contribution in [0.4, 0.5) is 0 Å². The largest absolute Gasteiger partial charge is 0.462 e. The highest BCUT2D eigenvalue weighted by Crippen LogP contribution is 2.13. The number of esters is 3. The third-order valence-electron chi connectivity index (χ3n) is 10.6. The van der Waals surface area contributed by atoms with Crippen molar-refractivity contribution in [2.45, 2.75) is 232 Å². The Hall–Kier alpha value is -3.67. The Kier molecular flexibility index (Phi) is 48.0. The topological polar surface area (TPSA) is 78.9 Å². The van der Waals surface area contributed by atoms with E-state index in [0.29, 0.717) is 19.3 Å². The van der Waals surface area contributed by atoms with Crippen LogP contribution in [-0.2, 0) is 28.6 Å². The summed E-state index contributed by atoms with van der Waals surface area (Å²) < 4.78 is 16.7. The fourth-order valence-electron chi connectivity index (χ4n) is 6.73. The van der Waals surface area contributed by atoms with E-state index < -0.39 is 6.10 Å². The lowest BCUT2D eigenvalue weighted by Gasteiger charge is -2.18. The van der Waals surface area contributed by atoms with Crippen molar-refractivity contribution < 1.29 is 28.6 Å². The summed E-state index contributed by atoms with van der Waals surface area (Å²) in [6, 6.07) is 0. The molecule has 358 valence electrons. The fourth-order valence-corrected chi connectivity index (χ4v) is 6.73. The van der Waals surface area contributed by atoms with Crippen molar-refractivity contribution in [3.8, 4) is 0 Å². The molecule has 0 amide bonds. The molecule has 0 fully saturated rings. The van der Waals surface area contributed by atoms with Gasteiger partial charge in [-0.1, -0.05) is 214 Å². The van der Waals surface area contributed by atoms with Crippen molar-refractivity contribution >= 4 is 17.9 Å². The highest BCUT2D eigenvalue weighted by atomic mass is 16.6. The molecule has 1 atom stereocenters. The second kappa shape index (κ2) is 51.0. The second-order valence-electron chi connectivity index (χ2n) is 16.7. The maximum absolute atomic E-state index is 12.8. The molecule has 0 radical (unpaired) electrons. The van der Waals surface area contributed by atoms with Crippen LogP contribution >= 0.6 is 0 Å². The van der Waals surface area contributed by atoms with Crippen LogP contribution in [0.5, 0.6) is 0 Å². The van der Waals surface area contributed by atoms with Gasteiger partial charge in [0.05, 0.1) is 0 Å². The van der Waals surface area contributed by atoms with Gasteiger partial charge in [-0.15, -0.1) is 0 Å². The van der Waals surface area contributed by atoms with Crippen molar-refractivity contribution in [1.82, 2.24) is 0 Å². The van der Waals surface area contributed by atoms with Gasteiger partial charge in [0, 0.05) is 19.3 Å². The highest BCUT2D eigenvalue weighted by Gasteiger charge is 2.19.